The van der Waals surface area contributed by atoms with E-state index < -0.39 is 0 Å². The van der Waals surface area contributed by atoms with Gasteiger partial charge in [-0.3, -0.25) is 0 Å². The summed E-state index contributed by atoms with van der Waals surface area (Å²) < 4.78 is 2.18. The van der Waals surface area contributed by atoms with Gasteiger partial charge >= 0.3 is 0 Å². The van der Waals surface area contributed by atoms with Crippen LogP contribution in [0.25, 0.3) is 22.0 Å². The van der Waals surface area contributed by atoms with Crippen LogP contribution in [0.4, 0.5) is 0 Å². The highest BCUT2D eigenvalue weighted by atomic mass is 32.2. The maximum atomic E-state index is 4.80. The lowest BCUT2D eigenvalue weighted by atomic mass is 10.1. The number of nitrogens with zero attached hydrogens (tertiary/aromatic N) is 4. The van der Waals surface area contributed by atoms with Crippen LogP contribution in [-0.2, 0) is 12.3 Å². The molecule has 0 amide bonds. The standard InChI is InChI=1S/C20H20N4S3/c1-4-24-18(16-9-14(3)25-10-16)22-23-20(24)27-12-17-11-26-19(21-17)15-7-5-6-13(2)8-15/h5-11H,4,12H2,1-3H3. The van der Waals surface area contributed by atoms with Crippen molar-refractivity contribution in [3.05, 3.63) is 57.2 Å². The molecule has 27 heavy (non-hydrogen) atoms. The summed E-state index contributed by atoms with van der Waals surface area (Å²) in [5.74, 6) is 1.74. The lowest BCUT2D eigenvalue weighted by Gasteiger charge is -2.05. The maximum Gasteiger partial charge on any atom is 0.191 e. The summed E-state index contributed by atoms with van der Waals surface area (Å²) in [5, 5.41) is 15.1. The van der Waals surface area contributed by atoms with Crippen molar-refractivity contribution in [2.45, 2.75) is 38.2 Å². The van der Waals surface area contributed by atoms with Gasteiger partial charge in [-0.2, -0.15) is 0 Å². The molecule has 3 aromatic heterocycles. The van der Waals surface area contributed by atoms with Gasteiger partial charge in [-0.1, -0.05) is 35.5 Å². The van der Waals surface area contributed by atoms with Crippen LogP contribution in [0.5, 0.6) is 0 Å². The highest BCUT2D eigenvalue weighted by molar-refractivity contribution is 7.98. The fourth-order valence-electron chi connectivity index (χ4n) is 2.88. The number of hydrogen-bond donors (Lipinski definition) is 0. The van der Waals surface area contributed by atoms with Crippen LogP contribution < -0.4 is 0 Å². The molecule has 1 aromatic carbocycles. The number of thioether (sulfide) groups is 1. The molecule has 0 atom stereocenters. The topological polar surface area (TPSA) is 43.6 Å². The first kappa shape index (κ1) is 18.4. The SMILES string of the molecule is CCn1c(SCc2csc(-c3cccc(C)c3)n2)nnc1-c1csc(C)c1. The van der Waals surface area contributed by atoms with Crippen molar-refractivity contribution in [1.82, 2.24) is 19.7 Å². The summed E-state index contributed by atoms with van der Waals surface area (Å²) >= 11 is 5.13. The molecule has 4 aromatic rings. The minimum atomic E-state index is 0.795. The Balaban J connectivity index is 1.50. The van der Waals surface area contributed by atoms with E-state index in [0.29, 0.717) is 0 Å². The Bertz CT molecular complexity index is 1060. The van der Waals surface area contributed by atoms with E-state index in [9.17, 15) is 0 Å². The van der Waals surface area contributed by atoms with E-state index in [4.69, 9.17) is 4.98 Å². The van der Waals surface area contributed by atoms with Crippen molar-refractivity contribution in [3.8, 4) is 22.0 Å². The average Bonchev–Trinajstić information content (AvgIpc) is 3.38. The monoisotopic (exact) mass is 412 g/mol. The van der Waals surface area contributed by atoms with E-state index in [1.54, 1.807) is 34.4 Å². The molecule has 4 nitrogen and oxygen atoms in total. The predicted octanol–water partition coefficient (Wildman–Crippen LogP) is 6.06. The van der Waals surface area contributed by atoms with Gasteiger partial charge in [0, 0.05) is 39.1 Å². The molecule has 3 heterocycles. The number of aromatic nitrogens is 4. The third kappa shape index (κ3) is 4.00. The molecular weight excluding hydrogens is 392 g/mol. The lowest BCUT2D eigenvalue weighted by Crippen LogP contribution is -1.99. The Hall–Kier alpha value is -1.96. The van der Waals surface area contributed by atoms with Crippen molar-refractivity contribution in [3.63, 3.8) is 0 Å². The minimum absolute atomic E-state index is 0.795. The summed E-state index contributed by atoms with van der Waals surface area (Å²) in [6.07, 6.45) is 0. The summed E-state index contributed by atoms with van der Waals surface area (Å²) in [4.78, 5) is 6.09. The molecule has 7 heteroatoms. The van der Waals surface area contributed by atoms with E-state index >= 15 is 0 Å². The number of rotatable bonds is 6. The number of aryl methyl sites for hydroxylation is 2. The van der Waals surface area contributed by atoms with E-state index in [1.165, 1.54) is 16.0 Å². The molecule has 0 aliphatic heterocycles. The Morgan fingerprint density at radius 2 is 1.93 bits per heavy atom. The van der Waals surface area contributed by atoms with E-state index in [2.05, 4.69) is 76.6 Å². The zero-order valence-corrected chi connectivity index (χ0v) is 17.9. The zero-order valence-electron chi connectivity index (χ0n) is 15.5. The third-order valence-corrected chi connectivity index (χ3v) is 6.99. The lowest BCUT2D eigenvalue weighted by molar-refractivity contribution is 0.687. The van der Waals surface area contributed by atoms with Gasteiger partial charge in [0.05, 0.1) is 5.69 Å². The van der Waals surface area contributed by atoms with Gasteiger partial charge in [-0.05, 0) is 32.9 Å². The van der Waals surface area contributed by atoms with Gasteiger partial charge < -0.3 is 4.57 Å². The fourth-order valence-corrected chi connectivity index (χ4v) is 5.38. The van der Waals surface area contributed by atoms with Gasteiger partial charge in [-0.25, -0.2) is 4.98 Å². The molecule has 0 unspecified atom stereocenters. The Kier molecular flexibility index (Phi) is 5.43. The first-order valence-corrected chi connectivity index (χ1v) is 11.5. The molecule has 4 rings (SSSR count). The van der Waals surface area contributed by atoms with Crippen molar-refractivity contribution >= 4 is 34.4 Å². The predicted molar refractivity (Wildman–Crippen MR) is 116 cm³/mol. The minimum Gasteiger partial charge on any atom is -0.302 e. The first-order chi connectivity index (χ1) is 13.1. The van der Waals surface area contributed by atoms with E-state index in [1.807, 2.05) is 0 Å². The van der Waals surface area contributed by atoms with Crippen molar-refractivity contribution in [1.29, 1.82) is 0 Å². The fraction of sp³-hybridized carbons (Fsp3) is 0.250. The molecule has 0 saturated carbocycles. The summed E-state index contributed by atoms with van der Waals surface area (Å²) in [6, 6.07) is 10.7. The summed E-state index contributed by atoms with van der Waals surface area (Å²) in [5.41, 5.74) is 4.67. The molecule has 0 spiro atoms. The summed E-state index contributed by atoms with van der Waals surface area (Å²) in [7, 11) is 0. The Labute approximate surface area is 171 Å². The largest absolute Gasteiger partial charge is 0.302 e. The molecule has 0 bridgehead atoms. The second-order valence-electron chi connectivity index (χ2n) is 6.30. The first-order valence-electron chi connectivity index (χ1n) is 8.77. The highest BCUT2D eigenvalue weighted by Crippen LogP contribution is 2.30. The van der Waals surface area contributed by atoms with Crippen LogP contribution in [0.3, 0.4) is 0 Å². The zero-order chi connectivity index (χ0) is 18.8. The quantitative estimate of drug-likeness (QED) is 0.361. The van der Waals surface area contributed by atoms with Crippen LogP contribution in [0.2, 0.25) is 0 Å². The second kappa shape index (κ2) is 7.96. The van der Waals surface area contributed by atoms with Crippen LogP contribution in [0, 0.1) is 13.8 Å². The van der Waals surface area contributed by atoms with E-state index in [-0.39, 0.29) is 0 Å². The number of hydrogen-bond acceptors (Lipinski definition) is 6. The normalized spacial score (nSPS) is 11.2. The third-order valence-electron chi connectivity index (χ3n) is 4.19. The number of thiazole rings is 1. The van der Waals surface area contributed by atoms with Gasteiger partial charge in [-0.15, -0.1) is 32.9 Å². The van der Waals surface area contributed by atoms with Crippen LogP contribution in [-0.4, -0.2) is 19.7 Å². The Morgan fingerprint density at radius 3 is 2.67 bits per heavy atom. The molecule has 138 valence electrons. The van der Waals surface area contributed by atoms with Crippen molar-refractivity contribution < 1.29 is 0 Å². The van der Waals surface area contributed by atoms with Crippen LogP contribution in [0.15, 0.2) is 46.2 Å². The molecule has 0 saturated heterocycles. The molecule has 0 aliphatic carbocycles. The number of benzene rings is 1. The van der Waals surface area contributed by atoms with Gasteiger partial charge in [0.15, 0.2) is 11.0 Å². The van der Waals surface area contributed by atoms with Gasteiger partial charge in [0.1, 0.15) is 5.01 Å². The highest BCUT2D eigenvalue weighted by Gasteiger charge is 2.15. The second-order valence-corrected chi connectivity index (χ2v) is 9.21. The molecule has 0 N–H and O–H groups in total. The number of thiophene rings is 1. The van der Waals surface area contributed by atoms with Crippen molar-refractivity contribution in [2.24, 2.45) is 0 Å². The molecule has 0 fully saturated rings. The molecule has 0 aliphatic rings. The van der Waals surface area contributed by atoms with Gasteiger partial charge in [0.2, 0.25) is 0 Å². The molecule has 0 radical (unpaired) electrons. The van der Waals surface area contributed by atoms with Crippen LogP contribution >= 0.6 is 34.4 Å². The van der Waals surface area contributed by atoms with Gasteiger partial charge in [0.25, 0.3) is 0 Å². The van der Waals surface area contributed by atoms with Crippen molar-refractivity contribution in [2.75, 3.05) is 0 Å². The van der Waals surface area contributed by atoms with E-state index in [0.717, 1.165) is 39.5 Å². The summed E-state index contributed by atoms with van der Waals surface area (Å²) in [6.45, 7) is 7.21. The maximum absolute atomic E-state index is 4.80. The Morgan fingerprint density at radius 1 is 1.04 bits per heavy atom. The molecular formula is C20H20N4S3. The van der Waals surface area contributed by atoms with Crippen LogP contribution in [0.1, 0.15) is 23.1 Å². The average molecular weight is 413 g/mol. The smallest absolute Gasteiger partial charge is 0.191 e.